The molecule has 1 aromatic rings. The molecule has 2 amide bonds. The van der Waals surface area contributed by atoms with Crippen molar-refractivity contribution >= 4 is 11.7 Å². The van der Waals surface area contributed by atoms with E-state index < -0.39 is 12.6 Å². The SMILES string of the molecule is COc1ccc(OC(F)F)c(NC(=O)N[C@@H](C)C(C)C)c1. The van der Waals surface area contributed by atoms with Crippen molar-refractivity contribution in [2.45, 2.75) is 33.4 Å². The molecule has 0 spiro atoms. The lowest BCUT2D eigenvalue weighted by molar-refractivity contribution is -0.0493. The maximum atomic E-state index is 12.4. The van der Waals surface area contributed by atoms with Crippen LogP contribution in [-0.4, -0.2) is 25.8 Å². The molecule has 1 atom stereocenters. The number of ether oxygens (including phenoxy) is 2. The molecule has 0 aliphatic carbocycles. The van der Waals surface area contributed by atoms with E-state index in [1.54, 1.807) is 0 Å². The van der Waals surface area contributed by atoms with E-state index in [0.29, 0.717) is 5.75 Å². The third-order valence-corrected chi connectivity index (χ3v) is 3.01. The first-order chi connectivity index (χ1) is 9.83. The average Bonchev–Trinajstić information content (AvgIpc) is 2.39. The highest BCUT2D eigenvalue weighted by atomic mass is 19.3. The molecule has 1 rings (SSSR count). The van der Waals surface area contributed by atoms with Crippen molar-refractivity contribution in [2.24, 2.45) is 5.92 Å². The summed E-state index contributed by atoms with van der Waals surface area (Å²) in [4.78, 5) is 11.9. The molecule has 118 valence electrons. The van der Waals surface area contributed by atoms with Crippen molar-refractivity contribution in [3.05, 3.63) is 18.2 Å². The Labute approximate surface area is 122 Å². The summed E-state index contributed by atoms with van der Waals surface area (Å²) < 4.78 is 34.1. The minimum absolute atomic E-state index is 0.0601. The van der Waals surface area contributed by atoms with Crippen LogP contribution in [0, 0.1) is 5.92 Å². The van der Waals surface area contributed by atoms with Gasteiger partial charge in [0.1, 0.15) is 11.5 Å². The number of rotatable bonds is 6. The topological polar surface area (TPSA) is 59.6 Å². The summed E-state index contributed by atoms with van der Waals surface area (Å²) in [6.07, 6.45) is 0. The van der Waals surface area contributed by atoms with Gasteiger partial charge in [-0.05, 0) is 25.0 Å². The molecule has 0 bridgehead atoms. The van der Waals surface area contributed by atoms with Crippen molar-refractivity contribution in [2.75, 3.05) is 12.4 Å². The average molecular weight is 302 g/mol. The van der Waals surface area contributed by atoms with Crippen LogP contribution < -0.4 is 20.1 Å². The van der Waals surface area contributed by atoms with Gasteiger partial charge in [-0.1, -0.05) is 13.8 Å². The first-order valence-electron chi connectivity index (χ1n) is 6.53. The molecule has 5 nitrogen and oxygen atoms in total. The number of amides is 2. The van der Waals surface area contributed by atoms with E-state index in [2.05, 4.69) is 15.4 Å². The van der Waals surface area contributed by atoms with E-state index in [4.69, 9.17) is 4.74 Å². The van der Waals surface area contributed by atoms with Gasteiger partial charge in [-0.25, -0.2) is 4.79 Å². The number of carbonyl (C=O) groups is 1. The third kappa shape index (κ3) is 5.45. The molecule has 1 aromatic carbocycles. The number of methoxy groups -OCH3 is 1. The van der Waals surface area contributed by atoms with Gasteiger partial charge in [0.15, 0.2) is 0 Å². The Morgan fingerprint density at radius 2 is 1.90 bits per heavy atom. The predicted octanol–water partition coefficient (Wildman–Crippen LogP) is 3.46. The van der Waals surface area contributed by atoms with E-state index in [1.807, 2.05) is 20.8 Å². The largest absolute Gasteiger partial charge is 0.497 e. The Kier molecular flexibility index (Phi) is 6.20. The summed E-state index contributed by atoms with van der Waals surface area (Å²) in [6.45, 7) is 2.80. The summed E-state index contributed by atoms with van der Waals surface area (Å²) in [5, 5.41) is 5.20. The van der Waals surface area contributed by atoms with Crippen LogP contribution in [0.3, 0.4) is 0 Å². The summed E-state index contributed by atoms with van der Waals surface area (Å²) in [6, 6.07) is 3.64. The second kappa shape index (κ2) is 7.66. The summed E-state index contributed by atoms with van der Waals surface area (Å²) in [5.74, 6) is 0.541. The molecule has 0 unspecified atom stereocenters. The van der Waals surface area contributed by atoms with Crippen molar-refractivity contribution in [1.29, 1.82) is 0 Å². The molecule has 0 radical (unpaired) electrons. The van der Waals surface area contributed by atoms with Gasteiger partial charge in [0.25, 0.3) is 0 Å². The molecule has 0 aliphatic rings. The van der Waals surface area contributed by atoms with Gasteiger partial charge in [-0.3, -0.25) is 0 Å². The molecule has 0 fully saturated rings. The lowest BCUT2D eigenvalue weighted by Crippen LogP contribution is -2.39. The Hall–Kier alpha value is -2.05. The Balaban J connectivity index is 2.86. The summed E-state index contributed by atoms with van der Waals surface area (Å²) in [5.41, 5.74) is 0.114. The molecule has 0 heterocycles. The van der Waals surface area contributed by atoms with Crippen molar-refractivity contribution < 1.29 is 23.0 Å². The fourth-order valence-electron chi connectivity index (χ4n) is 1.46. The zero-order chi connectivity index (χ0) is 16.0. The smallest absolute Gasteiger partial charge is 0.387 e. The number of carbonyl (C=O) groups excluding carboxylic acids is 1. The van der Waals surface area contributed by atoms with Crippen LogP contribution in [0.1, 0.15) is 20.8 Å². The van der Waals surface area contributed by atoms with Gasteiger partial charge >= 0.3 is 12.6 Å². The van der Waals surface area contributed by atoms with Crippen LogP contribution in [-0.2, 0) is 0 Å². The molecular formula is C14H20F2N2O3. The molecule has 0 aromatic heterocycles. The Bertz CT molecular complexity index is 481. The molecule has 0 saturated carbocycles. The monoisotopic (exact) mass is 302 g/mol. The quantitative estimate of drug-likeness (QED) is 0.846. The molecule has 21 heavy (non-hydrogen) atoms. The van der Waals surface area contributed by atoms with Gasteiger partial charge in [0.05, 0.1) is 12.8 Å². The number of halogens is 2. The zero-order valence-corrected chi connectivity index (χ0v) is 12.4. The fourth-order valence-corrected chi connectivity index (χ4v) is 1.46. The maximum Gasteiger partial charge on any atom is 0.387 e. The molecule has 2 N–H and O–H groups in total. The predicted molar refractivity (Wildman–Crippen MR) is 76.1 cm³/mol. The first-order valence-corrected chi connectivity index (χ1v) is 6.53. The van der Waals surface area contributed by atoms with Crippen LogP contribution in [0.4, 0.5) is 19.3 Å². The highest BCUT2D eigenvalue weighted by Gasteiger charge is 2.15. The molecular weight excluding hydrogens is 282 g/mol. The minimum Gasteiger partial charge on any atom is -0.497 e. The van der Waals surface area contributed by atoms with Crippen LogP contribution in [0.15, 0.2) is 18.2 Å². The zero-order valence-electron chi connectivity index (χ0n) is 12.4. The second-order valence-corrected chi connectivity index (χ2v) is 4.87. The Morgan fingerprint density at radius 1 is 1.24 bits per heavy atom. The van der Waals surface area contributed by atoms with Gasteiger partial charge < -0.3 is 20.1 Å². The van der Waals surface area contributed by atoms with Crippen LogP contribution in [0.2, 0.25) is 0 Å². The lowest BCUT2D eigenvalue weighted by Gasteiger charge is -2.19. The van der Waals surface area contributed by atoms with Crippen molar-refractivity contribution in [3.63, 3.8) is 0 Å². The normalized spacial score (nSPS) is 12.2. The second-order valence-electron chi connectivity index (χ2n) is 4.87. The van der Waals surface area contributed by atoms with E-state index in [9.17, 15) is 13.6 Å². The third-order valence-electron chi connectivity index (χ3n) is 3.01. The van der Waals surface area contributed by atoms with Crippen LogP contribution in [0.5, 0.6) is 11.5 Å². The van der Waals surface area contributed by atoms with E-state index >= 15 is 0 Å². The van der Waals surface area contributed by atoms with Gasteiger partial charge in [0, 0.05) is 12.1 Å². The lowest BCUT2D eigenvalue weighted by atomic mass is 10.1. The van der Waals surface area contributed by atoms with Gasteiger partial charge in [-0.2, -0.15) is 8.78 Å². The molecule has 0 saturated heterocycles. The van der Waals surface area contributed by atoms with Crippen LogP contribution >= 0.6 is 0 Å². The Morgan fingerprint density at radius 3 is 2.43 bits per heavy atom. The van der Waals surface area contributed by atoms with E-state index in [0.717, 1.165) is 0 Å². The highest BCUT2D eigenvalue weighted by Crippen LogP contribution is 2.30. The number of anilines is 1. The van der Waals surface area contributed by atoms with Crippen LogP contribution in [0.25, 0.3) is 0 Å². The summed E-state index contributed by atoms with van der Waals surface area (Å²) in [7, 11) is 1.44. The minimum atomic E-state index is -2.98. The molecule has 7 heteroatoms. The van der Waals surface area contributed by atoms with Crippen molar-refractivity contribution in [3.8, 4) is 11.5 Å². The number of alkyl halides is 2. The number of hydrogen-bond donors (Lipinski definition) is 2. The van der Waals surface area contributed by atoms with Crippen molar-refractivity contribution in [1.82, 2.24) is 5.32 Å². The number of hydrogen-bond acceptors (Lipinski definition) is 3. The summed E-state index contributed by atoms with van der Waals surface area (Å²) >= 11 is 0. The van der Waals surface area contributed by atoms with E-state index in [-0.39, 0.29) is 23.4 Å². The standard InChI is InChI=1S/C14H20F2N2O3/c1-8(2)9(3)17-14(19)18-11-7-10(20-4)5-6-12(11)21-13(15)16/h5-9,13H,1-4H3,(H2,17,18,19)/t9-/m0/s1. The maximum absolute atomic E-state index is 12.4. The number of urea groups is 1. The van der Waals surface area contributed by atoms with Gasteiger partial charge in [-0.15, -0.1) is 0 Å². The fraction of sp³-hybridized carbons (Fsp3) is 0.500. The highest BCUT2D eigenvalue weighted by molar-refractivity contribution is 5.91. The van der Waals surface area contributed by atoms with Gasteiger partial charge in [0.2, 0.25) is 0 Å². The molecule has 0 aliphatic heterocycles. The van der Waals surface area contributed by atoms with E-state index in [1.165, 1.54) is 25.3 Å². The number of benzene rings is 1. The number of nitrogens with one attached hydrogen (secondary N) is 2. The first kappa shape index (κ1) is 17.0.